The molecule has 3 rings (SSSR count). The lowest BCUT2D eigenvalue weighted by molar-refractivity contribution is 0.472. The first kappa shape index (κ1) is 33.8. The first-order valence-electron chi connectivity index (χ1n) is 16.9. The highest BCUT2D eigenvalue weighted by Crippen LogP contribution is 2.40. The molecule has 230 valence electrons. The van der Waals surface area contributed by atoms with Crippen LogP contribution in [0.25, 0.3) is 0 Å². The van der Waals surface area contributed by atoms with Crippen molar-refractivity contribution in [2.24, 2.45) is 0 Å². The Balaban J connectivity index is 1.85. The van der Waals surface area contributed by atoms with Gasteiger partial charge in [-0.3, -0.25) is 0 Å². The van der Waals surface area contributed by atoms with E-state index >= 15 is 0 Å². The van der Waals surface area contributed by atoms with E-state index in [4.69, 9.17) is 0 Å². The van der Waals surface area contributed by atoms with Crippen LogP contribution in [0.2, 0.25) is 0 Å². The molecule has 0 bridgehead atoms. The maximum atomic E-state index is 10.4. The van der Waals surface area contributed by atoms with Gasteiger partial charge >= 0.3 is 0 Å². The molecule has 0 aliphatic heterocycles. The van der Waals surface area contributed by atoms with E-state index in [2.05, 4.69) is 77.9 Å². The minimum Gasteiger partial charge on any atom is -0.508 e. The summed E-state index contributed by atoms with van der Waals surface area (Å²) in [5.74, 6) is 0.714. The Kier molecular flexibility index (Phi) is 13.0. The van der Waals surface area contributed by atoms with Crippen molar-refractivity contribution in [2.45, 2.75) is 142 Å². The maximum Gasteiger partial charge on any atom is 0.115 e. The summed E-state index contributed by atoms with van der Waals surface area (Å²) >= 11 is 0. The van der Waals surface area contributed by atoms with Crippen LogP contribution in [0.15, 0.2) is 60.7 Å². The summed E-state index contributed by atoms with van der Waals surface area (Å²) in [7, 11) is 0. The smallest absolute Gasteiger partial charge is 0.115 e. The minimum absolute atomic E-state index is 0.201. The summed E-state index contributed by atoms with van der Waals surface area (Å²) in [4.78, 5) is 0. The van der Waals surface area contributed by atoms with Gasteiger partial charge in [-0.05, 0) is 83.3 Å². The van der Waals surface area contributed by atoms with Gasteiger partial charge < -0.3 is 10.2 Å². The number of hydrogen-bond acceptors (Lipinski definition) is 2. The third-order valence-corrected chi connectivity index (χ3v) is 9.43. The summed E-state index contributed by atoms with van der Waals surface area (Å²) in [6.45, 7) is 13.8. The standard InChI is InChI=1S/C40H58O2/c1-7-9-11-13-15-17-20-31-28-35(41)24-26-37(31)39(3,4)33-22-19-23-34(30-33)40(5,6)38-27-25-36(42)29-32(38)21-18-16-14-12-10-8-2/h19,22-30,41-42H,7-18,20-21H2,1-6H3. The summed E-state index contributed by atoms with van der Waals surface area (Å²) in [6.07, 6.45) is 17.2. The number of unbranched alkanes of at least 4 members (excludes halogenated alkanes) is 10. The van der Waals surface area contributed by atoms with E-state index in [-0.39, 0.29) is 10.8 Å². The van der Waals surface area contributed by atoms with Gasteiger partial charge in [0.05, 0.1) is 0 Å². The predicted molar refractivity (Wildman–Crippen MR) is 181 cm³/mol. The zero-order valence-corrected chi connectivity index (χ0v) is 27.6. The molecule has 2 heteroatoms. The van der Waals surface area contributed by atoms with Crippen molar-refractivity contribution in [3.63, 3.8) is 0 Å². The minimum atomic E-state index is -0.201. The van der Waals surface area contributed by atoms with Gasteiger partial charge in [0.1, 0.15) is 11.5 Å². The highest BCUT2D eigenvalue weighted by molar-refractivity contribution is 5.50. The SMILES string of the molecule is CCCCCCCCc1cc(O)ccc1C(C)(C)c1cccc(C(C)(C)c2ccc(O)cc2CCCCCCCC)c1. The monoisotopic (exact) mass is 570 g/mol. The first-order valence-corrected chi connectivity index (χ1v) is 16.9. The zero-order chi connectivity index (χ0) is 30.6. The van der Waals surface area contributed by atoms with E-state index in [1.165, 1.54) is 97.6 Å². The normalized spacial score (nSPS) is 12.1. The lowest BCUT2D eigenvalue weighted by Gasteiger charge is -2.33. The Morgan fingerprint density at radius 1 is 0.476 bits per heavy atom. The number of hydrogen-bond donors (Lipinski definition) is 2. The first-order chi connectivity index (χ1) is 20.1. The molecule has 3 aromatic rings. The van der Waals surface area contributed by atoms with Gasteiger partial charge in [0.15, 0.2) is 0 Å². The van der Waals surface area contributed by atoms with Crippen LogP contribution in [-0.2, 0) is 23.7 Å². The molecule has 0 saturated heterocycles. The molecule has 0 unspecified atom stereocenters. The van der Waals surface area contributed by atoms with Crippen molar-refractivity contribution in [3.05, 3.63) is 94.0 Å². The molecular weight excluding hydrogens is 512 g/mol. The lowest BCUT2D eigenvalue weighted by atomic mass is 9.71. The number of phenolic OH excluding ortho intramolecular Hbond substituents is 2. The van der Waals surface area contributed by atoms with Crippen LogP contribution in [-0.4, -0.2) is 10.2 Å². The highest BCUT2D eigenvalue weighted by atomic mass is 16.3. The summed E-state index contributed by atoms with van der Waals surface area (Å²) in [5.41, 5.74) is 7.31. The summed E-state index contributed by atoms with van der Waals surface area (Å²) in [5, 5.41) is 20.7. The third kappa shape index (κ3) is 9.13. The van der Waals surface area contributed by atoms with Crippen molar-refractivity contribution in [2.75, 3.05) is 0 Å². The zero-order valence-electron chi connectivity index (χ0n) is 27.6. The molecule has 0 saturated carbocycles. The molecule has 42 heavy (non-hydrogen) atoms. The van der Waals surface area contributed by atoms with Gasteiger partial charge in [-0.25, -0.2) is 0 Å². The molecule has 0 heterocycles. The van der Waals surface area contributed by atoms with E-state index in [9.17, 15) is 10.2 Å². The average molecular weight is 571 g/mol. The van der Waals surface area contributed by atoms with Crippen LogP contribution < -0.4 is 0 Å². The fraction of sp³-hybridized carbons (Fsp3) is 0.550. The number of aryl methyl sites for hydroxylation is 2. The number of aromatic hydroxyl groups is 2. The molecule has 0 aromatic heterocycles. The number of benzene rings is 3. The molecule has 0 aliphatic rings. The van der Waals surface area contributed by atoms with Gasteiger partial charge in [-0.15, -0.1) is 0 Å². The highest BCUT2D eigenvalue weighted by Gasteiger charge is 2.30. The van der Waals surface area contributed by atoms with E-state index < -0.39 is 0 Å². The quantitative estimate of drug-likeness (QED) is 0.149. The van der Waals surface area contributed by atoms with Crippen LogP contribution in [0.3, 0.4) is 0 Å². The summed E-state index contributed by atoms with van der Waals surface area (Å²) < 4.78 is 0. The van der Waals surface area contributed by atoms with Gasteiger partial charge in [0, 0.05) is 10.8 Å². The molecule has 0 radical (unpaired) electrons. The molecular formula is C40H58O2. The molecule has 2 nitrogen and oxygen atoms in total. The van der Waals surface area contributed by atoms with Crippen molar-refractivity contribution in [1.82, 2.24) is 0 Å². The number of phenols is 2. The van der Waals surface area contributed by atoms with Crippen LogP contribution in [0.5, 0.6) is 11.5 Å². The lowest BCUT2D eigenvalue weighted by Crippen LogP contribution is -2.24. The van der Waals surface area contributed by atoms with Crippen molar-refractivity contribution < 1.29 is 10.2 Å². The van der Waals surface area contributed by atoms with Crippen LogP contribution in [0, 0.1) is 0 Å². The Bertz CT molecular complexity index is 1140. The Labute approximate surface area is 257 Å². The third-order valence-electron chi connectivity index (χ3n) is 9.43. The second kappa shape index (κ2) is 16.2. The van der Waals surface area contributed by atoms with Crippen LogP contribution in [0.1, 0.15) is 152 Å². The van der Waals surface area contributed by atoms with Crippen LogP contribution in [0.4, 0.5) is 0 Å². The Hall–Kier alpha value is -2.74. The average Bonchev–Trinajstić information content (AvgIpc) is 2.96. The maximum absolute atomic E-state index is 10.4. The molecule has 0 atom stereocenters. The van der Waals surface area contributed by atoms with E-state index in [0.29, 0.717) is 11.5 Å². The molecule has 0 fully saturated rings. The molecule has 0 aliphatic carbocycles. The number of rotatable bonds is 18. The molecule has 2 N–H and O–H groups in total. The van der Waals surface area contributed by atoms with Crippen molar-refractivity contribution in [3.8, 4) is 11.5 Å². The van der Waals surface area contributed by atoms with E-state index in [1.54, 1.807) is 0 Å². The molecule has 0 spiro atoms. The topological polar surface area (TPSA) is 40.5 Å². The van der Waals surface area contributed by atoms with Gasteiger partial charge in [-0.1, -0.05) is 142 Å². The van der Waals surface area contributed by atoms with E-state index in [0.717, 1.165) is 25.7 Å². The molecule has 3 aromatic carbocycles. The fourth-order valence-electron chi connectivity index (χ4n) is 6.59. The molecule has 0 amide bonds. The second-order valence-corrected chi connectivity index (χ2v) is 13.5. The van der Waals surface area contributed by atoms with Crippen molar-refractivity contribution >= 4 is 0 Å². The van der Waals surface area contributed by atoms with Crippen molar-refractivity contribution in [1.29, 1.82) is 0 Å². The van der Waals surface area contributed by atoms with Crippen LogP contribution >= 0.6 is 0 Å². The van der Waals surface area contributed by atoms with E-state index in [1.807, 2.05) is 24.3 Å². The largest absolute Gasteiger partial charge is 0.508 e. The Morgan fingerprint density at radius 2 is 0.857 bits per heavy atom. The second-order valence-electron chi connectivity index (χ2n) is 13.5. The fourth-order valence-corrected chi connectivity index (χ4v) is 6.59. The Morgan fingerprint density at radius 3 is 1.26 bits per heavy atom. The predicted octanol–water partition coefficient (Wildman–Crippen LogP) is 11.6. The van der Waals surface area contributed by atoms with Gasteiger partial charge in [-0.2, -0.15) is 0 Å². The van der Waals surface area contributed by atoms with Gasteiger partial charge in [0.2, 0.25) is 0 Å². The van der Waals surface area contributed by atoms with Gasteiger partial charge in [0.25, 0.3) is 0 Å². The summed E-state index contributed by atoms with van der Waals surface area (Å²) in [6, 6.07) is 21.1.